The minimum absolute atomic E-state index is 0. The van der Waals surface area contributed by atoms with Crippen LogP contribution in [0.1, 0.15) is 10.4 Å². The maximum Gasteiger partial charge on any atom is 1.00 e. The molecule has 0 amide bonds. The number of aromatic carboxylic acids is 1. The van der Waals surface area contributed by atoms with Gasteiger partial charge in [0, 0.05) is 25.9 Å². The van der Waals surface area contributed by atoms with Gasteiger partial charge in [0.25, 0.3) is 0 Å². The summed E-state index contributed by atoms with van der Waals surface area (Å²) in [5.74, 6) is -1.20. The standard InChI is InChI=1S/C8H10N2O2.Na/c1-10(2)7-3-6(8(11)12)4-9-5-7;/h3-5H,1-2H3,(H,11,12);/q;+1/p-1. The van der Waals surface area contributed by atoms with Crippen LogP contribution < -0.4 is 39.6 Å². The fourth-order valence-corrected chi connectivity index (χ4v) is 0.784. The van der Waals surface area contributed by atoms with Gasteiger partial charge in [-0.2, -0.15) is 0 Å². The van der Waals surface area contributed by atoms with Crippen molar-refractivity contribution in [2.24, 2.45) is 0 Å². The van der Waals surface area contributed by atoms with Crippen molar-refractivity contribution in [3.8, 4) is 0 Å². The molecule has 1 heterocycles. The number of carboxylic acids is 1. The Labute approximate surface area is 98.9 Å². The molecule has 0 aliphatic rings. The largest absolute Gasteiger partial charge is 1.00 e. The second kappa shape index (κ2) is 5.21. The van der Waals surface area contributed by atoms with Crippen LogP contribution in [0.15, 0.2) is 18.5 Å². The third-order valence-electron chi connectivity index (χ3n) is 1.48. The summed E-state index contributed by atoms with van der Waals surface area (Å²) in [4.78, 5) is 15.9. The summed E-state index contributed by atoms with van der Waals surface area (Å²) < 4.78 is 0. The van der Waals surface area contributed by atoms with Gasteiger partial charge in [-0.3, -0.25) is 4.98 Å². The molecule has 0 saturated carbocycles. The number of carbonyl (C=O) groups excluding carboxylic acids is 1. The van der Waals surface area contributed by atoms with Crippen molar-refractivity contribution in [2.75, 3.05) is 19.0 Å². The Morgan fingerprint density at radius 1 is 1.46 bits per heavy atom. The van der Waals surface area contributed by atoms with Crippen molar-refractivity contribution in [1.29, 1.82) is 0 Å². The fourth-order valence-electron chi connectivity index (χ4n) is 0.784. The minimum Gasteiger partial charge on any atom is -0.545 e. The van der Waals surface area contributed by atoms with E-state index in [0.29, 0.717) is 0 Å². The number of nitrogens with zero attached hydrogens (tertiary/aromatic N) is 2. The molecule has 5 heteroatoms. The maximum absolute atomic E-state index is 10.4. The summed E-state index contributed by atoms with van der Waals surface area (Å²) in [6.07, 6.45) is 2.86. The molecule has 0 spiro atoms. The molecule has 0 N–H and O–H groups in total. The average molecular weight is 188 g/mol. The summed E-state index contributed by atoms with van der Waals surface area (Å²) in [5.41, 5.74) is 0.845. The first-order chi connectivity index (χ1) is 5.61. The minimum atomic E-state index is -1.20. The number of rotatable bonds is 2. The quantitative estimate of drug-likeness (QED) is 0.452. The average Bonchev–Trinajstić information content (AvgIpc) is 2.04. The van der Waals surface area contributed by atoms with Gasteiger partial charge in [0.1, 0.15) is 0 Å². The number of pyridine rings is 1. The fraction of sp³-hybridized carbons (Fsp3) is 0.250. The van der Waals surface area contributed by atoms with Crippen molar-refractivity contribution < 1.29 is 39.5 Å². The Bertz CT molecular complexity index is 302. The molecular formula is C8H9N2NaO2. The second-order valence-electron chi connectivity index (χ2n) is 2.61. The number of carbonyl (C=O) groups is 1. The van der Waals surface area contributed by atoms with Gasteiger partial charge in [-0.15, -0.1) is 0 Å². The van der Waals surface area contributed by atoms with E-state index in [9.17, 15) is 9.90 Å². The molecule has 1 aromatic rings. The first-order valence-electron chi connectivity index (χ1n) is 3.45. The first kappa shape index (κ1) is 12.4. The normalized spacial score (nSPS) is 8.77. The van der Waals surface area contributed by atoms with E-state index in [0.717, 1.165) is 5.69 Å². The molecule has 13 heavy (non-hydrogen) atoms. The number of hydrogen-bond acceptors (Lipinski definition) is 4. The topological polar surface area (TPSA) is 56.3 Å². The first-order valence-corrected chi connectivity index (χ1v) is 3.45. The summed E-state index contributed by atoms with van der Waals surface area (Å²) in [6.45, 7) is 0. The van der Waals surface area contributed by atoms with E-state index < -0.39 is 5.97 Å². The van der Waals surface area contributed by atoms with E-state index in [1.807, 2.05) is 14.1 Å². The van der Waals surface area contributed by atoms with Crippen LogP contribution in [-0.2, 0) is 0 Å². The molecular weight excluding hydrogens is 179 g/mol. The Hall–Kier alpha value is -0.580. The summed E-state index contributed by atoms with van der Waals surface area (Å²) in [7, 11) is 3.63. The van der Waals surface area contributed by atoms with E-state index >= 15 is 0 Å². The summed E-state index contributed by atoms with van der Waals surface area (Å²) >= 11 is 0. The Balaban J connectivity index is 0.00000144. The number of carboxylic acid groups (broad SMARTS) is 1. The zero-order chi connectivity index (χ0) is 9.14. The van der Waals surface area contributed by atoms with E-state index in [1.54, 1.807) is 11.1 Å². The van der Waals surface area contributed by atoms with Crippen LogP contribution in [0.2, 0.25) is 0 Å². The number of anilines is 1. The third-order valence-corrected chi connectivity index (χ3v) is 1.48. The number of hydrogen-bond donors (Lipinski definition) is 0. The van der Waals surface area contributed by atoms with Gasteiger partial charge in [-0.25, -0.2) is 0 Å². The molecule has 1 aromatic heterocycles. The van der Waals surface area contributed by atoms with Gasteiger partial charge < -0.3 is 14.8 Å². The molecule has 0 radical (unpaired) electrons. The predicted octanol–water partition coefficient (Wildman–Crippen LogP) is -3.48. The van der Waals surface area contributed by atoms with Gasteiger partial charge >= 0.3 is 29.6 Å². The van der Waals surface area contributed by atoms with Crippen molar-refractivity contribution in [1.82, 2.24) is 4.98 Å². The van der Waals surface area contributed by atoms with Gasteiger partial charge in [-0.1, -0.05) is 0 Å². The predicted molar refractivity (Wildman–Crippen MR) is 42.9 cm³/mol. The van der Waals surface area contributed by atoms with Crippen LogP contribution in [-0.4, -0.2) is 25.0 Å². The molecule has 0 atom stereocenters. The molecule has 0 aliphatic heterocycles. The molecule has 0 unspecified atom stereocenters. The molecule has 0 aliphatic carbocycles. The molecule has 0 saturated heterocycles. The van der Waals surface area contributed by atoms with Crippen LogP contribution in [0.5, 0.6) is 0 Å². The Morgan fingerprint density at radius 2 is 2.08 bits per heavy atom. The monoisotopic (exact) mass is 188 g/mol. The molecule has 4 nitrogen and oxygen atoms in total. The number of aromatic nitrogens is 1. The van der Waals surface area contributed by atoms with Crippen molar-refractivity contribution in [2.45, 2.75) is 0 Å². The zero-order valence-corrected chi connectivity index (χ0v) is 9.94. The van der Waals surface area contributed by atoms with Crippen LogP contribution in [0.25, 0.3) is 0 Å². The SMILES string of the molecule is CN(C)c1cncc(C(=O)[O-])c1.[Na+]. The molecule has 0 fully saturated rings. The van der Waals surface area contributed by atoms with Crippen LogP contribution in [0.3, 0.4) is 0 Å². The summed E-state index contributed by atoms with van der Waals surface area (Å²) in [6, 6.07) is 1.52. The smallest absolute Gasteiger partial charge is 0.545 e. The van der Waals surface area contributed by atoms with E-state index in [2.05, 4.69) is 4.98 Å². The maximum atomic E-state index is 10.4. The zero-order valence-electron chi connectivity index (χ0n) is 7.94. The molecule has 64 valence electrons. The van der Waals surface area contributed by atoms with Crippen molar-refractivity contribution in [3.63, 3.8) is 0 Å². The van der Waals surface area contributed by atoms with Gasteiger partial charge in [0.2, 0.25) is 0 Å². The molecule has 0 bridgehead atoms. The summed E-state index contributed by atoms with van der Waals surface area (Å²) in [5, 5.41) is 10.4. The van der Waals surface area contributed by atoms with Crippen LogP contribution in [0.4, 0.5) is 5.69 Å². The van der Waals surface area contributed by atoms with E-state index in [4.69, 9.17) is 0 Å². The van der Waals surface area contributed by atoms with Crippen LogP contribution >= 0.6 is 0 Å². The van der Waals surface area contributed by atoms with Crippen LogP contribution in [0, 0.1) is 0 Å². The molecule has 0 aromatic carbocycles. The van der Waals surface area contributed by atoms with Gasteiger partial charge in [0.05, 0.1) is 17.9 Å². The van der Waals surface area contributed by atoms with Gasteiger partial charge in [-0.05, 0) is 6.07 Å². The van der Waals surface area contributed by atoms with E-state index in [-0.39, 0.29) is 35.1 Å². The van der Waals surface area contributed by atoms with Gasteiger partial charge in [0.15, 0.2) is 0 Å². The van der Waals surface area contributed by atoms with E-state index in [1.165, 1.54) is 12.3 Å². The Morgan fingerprint density at radius 3 is 2.54 bits per heavy atom. The molecule has 1 rings (SSSR count). The third kappa shape index (κ3) is 3.34. The second-order valence-corrected chi connectivity index (χ2v) is 2.61. The van der Waals surface area contributed by atoms with Crippen molar-refractivity contribution in [3.05, 3.63) is 24.0 Å². The van der Waals surface area contributed by atoms with Crippen molar-refractivity contribution >= 4 is 11.7 Å². The Kier molecular flexibility index (Phi) is 4.98.